The summed E-state index contributed by atoms with van der Waals surface area (Å²) in [6.45, 7) is 0. The van der Waals surface area contributed by atoms with Crippen molar-refractivity contribution >= 4 is 28.6 Å². The Kier molecular flexibility index (Phi) is 4.49. The van der Waals surface area contributed by atoms with Gasteiger partial charge >= 0.3 is 5.97 Å². The molecular formula is C10H17IO2. The molecule has 2 nitrogen and oxygen atoms in total. The zero-order valence-electron chi connectivity index (χ0n) is 7.89. The molecule has 0 aromatic heterocycles. The molecule has 0 aromatic carbocycles. The summed E-state index contributed by atoms with van der Waals surface area (Å²) in [5.41, 5.74) is -0.341. The second-order valence-corrected chi connectivity index (χ2v) is 5.02. The molecule has 0 radical (unpaired) electrons. The third-order valence-electron chi connectivity index (χ3n) is 3.05. The van der Waals surface area contributed by atoms with Crippen LogP contribution in [-0.2, 0) is 4.79 Å². The summed E-state index contributed by atoms with van der Waals surface area (Å²) in [6.07, 6.45) is 7.16. The highest BCUT2D eigenvalue weighted by Crippen LogP contribution is 2.42. The molecule has 0 spiro atoms. The lowest BCUT2D eigenvalue weighted by Gasteiger charge is -2.23. The number of carboxylic acid groups (broad SMARTS) is 1. The second-order valence-electron chi connectivity index (χ2n) is 3.94. The van der Waals surface area contributed by atoms with Gasteiger partial charge in [0.25, 0.3) is 0 Å². The second kappa shape index (κ2) is 5.17. The summed E-state index contributed by atoms with van der Waals surface area (Å²) in [5, 5.41) is 9.16. The number of halogens is 1. The first-order chi connectivity index (χ1) is 6.21. The maximum atomic E-state index is 11.1. The monoisotopic (exact) mass is 296 g/mol. The first kappa shape index (κ1) is 11.3. The predicted octanol–water partition coefficient (Wildman–Crippen LogP) is 3.24. The minimum absolute atomic E-state index is 0.341. The molecule has 0 atom stereocenters. The molecule has 1 saturated carbocycles. The molecule has 0 bridgehead atoms. The van der Waals surface area contributed by atoms with E-state index in [0.29, 0.717) is 0 Å². The number of rotatable bonds is 5. The Morgan fingerprint density at radius 1 is 1.31 bits per heavy atom. The van der Waals surface area contributed by atoms with E-state index < -0.39 is 5.97 Å². The van der Waals surface area contributed by atoms with Gasteiger partial charge in [0.15, 0.2) is 0 Å². The van der Waals surface area contributed by atoms with Gasteiger partial charge in [0, 0.05) is 0 Å². The molecule has 0 aliphatic heterocycles. The van der Waals surface area contributed by atoms with Gasteiger partial charge in [-0.1, -0.05) is 41.9 Å². The fourth-order valence-corrected chi connectivity index (χ4v) is 2.72. The first-order valence-corrected chi connectivity index (χ1v) is 6.53. The van der Waals surface area contributed by atoms with E-state index in [9.17, 15) is 4.79 Å². The van der Waals surface area contributed by atoms with Crippen LogP contribution in [0, 0.1) is 5.41 Å². The molecule has 1 aliphatic rings. The molecule has 0 heterocycles. The van der Waals surface area contributed by atoms with Gasteiger partial charge in [-0.15, -0.1) is 0 Å². The van der Waals surface area contributed by atoms with Crippen molar-refractivity contribution in [3.63, 3.8) is 0 Å². The number of carbonyl (C=O) groups is 1. The quantitative estimate of drug-likeness (QED) is 0.480. The number of hydrogen-bond donors (Lipinski definition) is 1. The lowest BCUT2D eigenvalue weighted by atomic mass is 9.81. The van der Waals surface area contributed by atoms with Crippen molar-refractivity contribution in [1.29, 1.82) is 0 Å². The van der Waals surface area contributed by atoms with Crippen molar-refractivity contribution in [2.24, 2.45) is 5.41 Å². The lowest BCUT2D eigenvalue weighted by molar-refractivity contribution is -0.149. The Morgan fingerprint density at radius 3 is 2.38 bits per heavy atom. The maximum absolute atomic E-state index is 11.1. The zero-order chi connectivity index (χ0) is 9.73. The topological polar surface area (TPSA) is 37.3 Å². The molecule has 1 aliphatic carbocycles. The Hall–Kier alpha value is 0.200. The van der Waals surface area contributed by atoms with Crippen LogP contribution in [0.5, 0.6) is 0 Å². The Balaban J connectivity index is 2.43. The number of aliphatic carboxylic acids is 1. The van der Waals surface area contributed by atoms with Gasteiger partial charge in [-0.2, -0.15) is 0 Å². The Morgan fingerprint density at radius 2 is 1.92 bits per heavy atom. The SMILES string of the molecule is O=C(O)C1(CCCCI)CCCC1. The van der Waals surface area contributed by atoms with Crippen LogP contribution < -0.4 is 0 Å². The van der Waals surface area contributed by atoms with Gasteiger partial charge in [-0.25, -0.2) is 0 Å². The number of carboxylic acids is 1. The summed E-state index contributed by atoms with van der Waals surface area (Å²) >= 11 is 2.35. The zero-order valence-corrected chi connectivity index (χ0v) is 10.0. The molecule has 0 aromatic rings. The first-order valence-electron chi connectivity index (χ1n) is 5.01. The summed E-state index contributed by atoms with van der Waals surface area (Å²) in [7, 11) is 0. The fourth-order valence-electron chi connectivity index (χ4n) is 2.18. The molecule has 13 heavy (non-hydrogen) atoms. The van der Waals surface area contributed by atoms with E-state index in [4.69, 9.17) is 5.11 Å². The lowest BCUT2D eigenvalue weighted by Crippen LogP contribution is -2.27. The maximum Gasteiger partial charge on any atom is 0.309 e. The van der Waals surface area contributed by atoms with Gasteiger partial charge in [0.1, 0.15) is 0 Å². The van der Waals surface area contributed by atoms with E-state index in [1.165, 1.54) is 0 Å². The van der Waals surface area contributed by atoms with Crippen molar-refractivity contribution in [2.45, 2.75) is 44.9 Å². The molecule has 0 amide bonds. The Labute approximate surface area is 93.2 Å². The van der Waals surface area contributed by atoms with Crippen LogP contribution >= 0.6 is 22.6 Å². The highest BCUT2D eigenvalue weighted by atomic mass is 127. The van der Waals surface area contributed by atoms with E-state index in [-0.39, 0.29) is 5.41 Å². The third kappa shape index (κ3) is 2.82. The highest BCUT2D eigenvalue weighted by Gasteiger charge is 2.40. The van der Waals surface area contributed by atoms with Crippen LogP contribution in [0.25, 0.3) is 0 Å². The largest absolute Gasteiger partial charge is 0.481 e. The average molecular weight is 296 g/mol. The highest BCUT2D eigenvalue weighted by molar-refractivity contribution is 14.1. The molecule has 3 heteroatoms. The van der Waals surface area contributed by atoms with Gasteiger partial charge in [-0.3, -0.25) is 4.79 Å². The van der Waals surface area contributed by atoms with Crippen LogP contribution in [0.3, 0.4) is 0 Å². The van der Waals surface area contributed by atoms with Crippen molar-refractivity contribution in [3.8, 4) is 0 Å². The molecule has 0 unspecified atom stereocenters. The Bertz CT molecular complexity index is 174. The van der Waals surface area contributed by atoms with Gasteiger partial charge in [0.2, 0.25) is 0 Å². The average Bonchev–Trinajstić information content (AvgIpc) is 2.55. The molecular weight excluding hydrogens is 279 g/mol. The summed E-state index contributed by atoms with van der Waals surface area (Å²) in [6, 6.07) is 0. The molecule has 76 valence electrons. The van der Waals surface area contributed by atoms with E-state index in [0.717, 1.165) is 49.4 Å². The smallest absolute Gasteiger partial charge is 0.309 e. The van der Waals surface area contributed by atoms with Crippen LogP contribution in [0.4, 0.5) is 0 Å². The van der Waals surface area contributed by atoms with Crippen LogP contribution in [-0.4, -0.2) is 15.5 Å². The standard InChI is InChI=1S/C10H17IO2/c11-8-4-3-7-10(9(12)13)5-1-2-6-10/h1-8H2,(H,12,13). The van der Waals surface area contributed by atoms with Crippen molar-refractivity contribution < 1.29 is 9.90 Å². The summed E-state index contributed by atoms with van der Waals surface area (Å²) in [4.78, 5) is 11.1. The van der Waals surface area contributed by atoms with Gasteiger partial charge < -0.3 is 5.11 Å². The van der Waals surface area contributed by atoms with Crippen LogP contribution in [0.1, 0.15) is 44.9 Å². The van der Waals surface area contributed by atoms with Crippen molar-refractivity contribution in [2.75, 3.05) is 4.43 Å². The molecule has 1 fully saturated rings. The van der Waals surface area contributed by atoms with Gasteiger partial charge in [0.05, 0.1) is 5.41 Å². The molecule has 1 rings (SSSR count). The normalized spacial score (nSPS) is 20.4. The summed E-state index contributed by atoms with van der Waals surface area (Å²) in [5.74, 6) is -0.557. The van der Waals surface area contributed by atoms with Crippen LogP contribution in [0.2, 0.25) is 0 Å². The molecule has 0 saturated heterocycles. The van der Waals surface area contributed by atoms with Crippen molar-refractivity contribution in [3.05, 3.63) is 0 Å². The minimum atomic E-state index is -0.557. The predicted molar refractivity (Wildman–Crippen MR) is 61.3 cm³/mol. The van der Waals surface area contributed by atoms with Crippen LogP contribution in [0.15, 0.2) is 0 Å². The van der Waals surface area contributed by atoms with E-state index in [1.807, 2.05) is 0 Å². The van der Waals surface area contributed by atoms with E-state index in [1.54, 1.807) is 0 Å². The number of hydrogen-bond acceptors (Lipinski definition) is 1. The molecule has 1 N–H and O–H groups in total. The van der Waals surface area contributed by atoms with E-state index in [2.05, 4.69) is 22.6 Å². The van der Waals surface area contributed by atoms with Gasteiger partial charge in [-0.05, 0) is 30.1 Å². The number of unbranched alkanes of at least 4 members (excludes halogenated alkanes) is 1. The van der Waals surface area contributed by atoms with Crippen molar-refractivity contribution in [1.82, 2.24) is 0 Å². The minimum Gasteiger partial charge on any atom is -0.481 e. The third-order valence-corrected chi connectivity index (χ3v) is 3.82. The number of alkyl halides is 1. The van der Waals surface area contributed by atoms with E-state index >= 15 is 0 Å². The fraction of sp³-hybridized carbons (Fsp3) is 0.900. The summed E-state index contributed by atoms with van der Waals surface area (Å²) < 4.78 is 1.15.